The number of piperidine rings is 1. The first kappa shape index (κ1) is 18.6. The van der Waals surface area contributed by atoms with Crippen LogP contribution in [0.15, 0.2) is 46.1 Å². The number of nitrogens with one attached hydrogen (secondary N) is 2. The highest BCUT2D eigenvalue weighted by atomic mass is 35.5. The summed E-state index contributed by atoms with van der Waals surface area (Å²) in [6.45, 7) is 0.601. The van der Waals surface area contributed by atoms with Crippen molar-refractivity contribution in [2.75, 3.05) is 13.1 Å². The average molecular weight is 397 g/mol. The third kappa shape index (κ3) is 4.12. The van der Waals surface area contributed by atoms with Gasteiger partial charge in [-0.3, -0.25) is 9.59 Å². The van der Waals surface area contributed by atoms with E-state index in [2.05, 4.69) is 15.5 Å². The van der Waals surface area contributed by atoms with Crippen LogP contribution in [0.4, 0.5) is 0 Å². The second kappa shape index (κ2) is 7.56. The molecule has 0 atom stereocenters. The van der Waals surface area contributed by atoms with Crippen LogP contribution >= 0.6 is 11.6 Å². The van der Waals surface area contributed by atoms with Gasteiger partial charge in [-0.2, -0.15) is 9.40 Å². The molecule has 3 rings (SSSR count). The summed E-state index contributed by atoms with van der Waals surface area (Å²) >= 11 is 5.80. The van der Waals surface area contributed by atoms with Crippen LogP contribution in [0.1, 0.15) is 23.3 Å². The summed E-state index contributed by atoms with van der Waals surface area (Å²) in [5, 5.41) is 9.17. The normalized spacial score (nSPS) is 16.3. The number of amides is 1. The van der Waals surface area contributed by atoms with Crippen LogP contribution < -0.4 is 10.9 Å². The first-order valence-corrected chi connectivity index (χ1v) is 9.80. The molecule has 1 amide bonds. The number of halogens is 1. The lowest BCUT2D eigenvalue weighted by molar-refractivity contribution is 0.0917. The zero-order chi connectivity index (χ0) is 18.7. The number of carbonyl (C=O) groups is 1. The van der Waals surface area contributed by atoms with Crippen LogP contribution in [0.5, 0.6) is 0 Å². The Hall–Kier alpha value is -2.23. The molecule has 0 aliphatic carbocycles. The third-order valence-electron chi connectivity index (χ3n) is 4.15. The van der Waals surface area contributed by atoms with Gasteiger partial charge in [0.1, 0.15) is 5.69 Å². The molecule has 8 nitrogen and oxygen atoms in total. The molecule has 1 aromatic heterocycles. The fourth-order valence-electron chi connectivity index (χ4n) is 2.73. The maximum Gasteiger partial charge on any atom is 0.271 e. The predicted octanol–water partition coefficient (Wildman–Crippen LogP) is 1.01. The Bertz CT molecular complexity index is 930. The smallest absolute Gasteiger partial charge is 0.271 e. The highest BCUT2D eigenvalue weighted by Gasteiger charge is 2.30. The molecule has 0 unspecified atom stereocenters. The summed E-state index contributed by atoms with van der Waals surface area (Å²) in [6.07, 6.45) is 0.976. The Labute approximate surface area is 155 Å². The number of hydrogen-bond donors (Lipinski definition) is 2. The van der Waals surface area contributed by atoms with Gasteiger partial charge in [-0.05, 0) is 43.2 Å². The lowest BCUT2D eigenvalue weighted by Crippen LogP contribution is -2.46. The maximum absolute atomic E-state index is 12.6. The summed E-state index contributed by atoms with van der Waals surface area (Å²) in [6, 6.07) is 8.45. The zero-order valence-corrected chi connectivity index (χ0v) is 15.3. The second-order valence-electron chi connectivity index (χ2n) is 5.91. The molecule has 26 heavy (non-hydrogen) atoms. The van der Waals surface area contributed by atoms with Crippen molar-refractivity contribution in [1.82, 2.24) is 19.8 Å². The van der Waals surface area contributed by atoms with Gasteiger partial charge in [0, 0.05) is 30.2 Å². The van der Waals surface area contributed by atoms with E-state index in [1.807, 2.05) is 0 Å². The quantitative estimate of drug-likeness (QED) is 0.800. The van der Waals surface area contributed by atoms with Gasteiger partial charge in [0.15, 0.2) is 0 Å². The molecule has 1 aromatic carbocycles. The molecule has 0 saturated carbocycles. The minimum atomic E-state index is -3.58. The minimum Gasteiger partial charge on any atom is -0.348 e. The molecule has 0 spiro atoms. The molecule has 0 radical (unpaired) electrons. The number of H-pyrrole nitrogens is 1. The van der Waals surface area contributed by atoms with E-state index in [-0.39, 0.29) is 22.2 Å². The topological polar surface area (TPSA) is 112 Å². The highest BCUT2D eigenvalue weighted by Crippen LogP contribution is 2.22. The molecular weight excluding hydrogens is 380 g/mol. The highest BCUT2D eigenvalue weighted by molar-refractivity contribution is 7.89. The Morgan fingerprint density at radius 1 is 1.15 bits per heavy atom. The lowest BCUT2D eigenvalue weighted by Gasteiger charge is -2.31. The van der Waals surface area contributed by atoms with E-state index in [0.29, 0.717) is 31.0 Å². The summed E-state index contributed by atoms with van der Waals surface area (Å²) < 4.78 is 26.7. The number of aromatic nitrogens is 2. The summed E-state index contributed by atoms with van der Waals surface area (Å²) in [5.41, 5.74) is -0.275. The van der Waals surface area contributed by atoms with Crippen LogP contribution in [0, 0.1) is 0 Å². The van der Waals surface area contributed by atoms with Crippen molar-refractivity contribution in [2.24, 2.45) is 0 Å². The Morgan fingerprint density at radius 2 is 1.81 bits per heavy atom. The fraction of sp³-hybridized carbons (Fsp3) is 0.312. The molecule has 1 fully saturated rings. The van der Waals surface area contributed by atoms with E-state index in [4.69, 9.17) is 11.6 Å². The van der Waals surface area contributed by atoms with Crippen LogP contribution in [0.25, 0.3) is 0 Å². The van der Waals surface area contributed by atoms with Gasteiger partial charge in [-0.15, -0.1) is 0 Å². The number of carbonyl (C=O) groups excluding carboxylic acids is 1. The zero-order valence-electron chi connectivity index (χ0n) is 13.7. The summed E-state index contributed by atoms with van der Waals surface area (Å²) in [7, 11) is -3.58. The van der Waals surface area contributed by atoms with Crippen molar-refractivity contribution in [2.45, 2.75) is 23.8 Å². The van der Waals surface area contributed by atoms with Gasteiger partial charge in [0.2, 0.25) is 10.0 Å². The van der Waals surface area contributed by atoms with Crippen molar-refractivity contribution < 1.29 is 13.2 Å². The van der Waals surface area contributed by atoms with Gasteiger partial charge in [-0.1, -0.05) is 11.6 Å². The number of rotatable bonds is 4. The van der Waals surface area contributed by atoms with E-state index in [1.165, 1.54) is 28.6 Å². The SMILES string of the molecule is O=C(NC1CCN(S(=O)(=O)c2ccc(Cl)cc2)CC1)c1ccc(=O)[nH]n1. The molecular formula is C16H17ClN4O4S. The van der Waals surface area contributed by atoms with E-state index in [9.17, 15) is 18.0 Å². The summed E-state index contributed by atoms with van der Waals surface area (Å²) in [5.74, 6) is -0.403. The van der Waals surface area contributed by atoms with E-state index < -0.39 is 15.9 Å². The molecule has 1 aliphatic heterocycles. The number of sulfonamides is 1. The van der Waals surface area contributed by atoms with Crippen LogP contribution in [-0.4, -0.2) is 48.0 Å². The molecule has 1 aliphatic rings. The molecule has 2 N–H and O–H groups in total. The van der Waals surface area contributed by atoms with Crippen molar-refractivity contribution in [3.8, 4) is 0 Å². The van der Waals surface area contributed by atoms with E-state index >= 15 is 0 Å². The van der Waals surface area contributed by atoms with Gasteiger partial charge in [0.05, 0.1) is 4.90 Å². The van der Waals surface area contributed by atoms with Gasteiger partial charge < -0.3 is 5.32 Å². The lowest BCUT2D eigenvalue weighted by atomic mass is 10.1. The van der Waals surface area contributed by atoms with Crippen molar-refractivity contribution in [3.63, 3.8) is 0 Å². The number of aromatic amines is 1. The molecule has 1 saturated heterocycles. The largest absolute Gasteiger partial charge is 0.348 e. The van der Waals surface area contributed by atoms with Crippen molar-refractivity contribution in [3.05, 3.63) is 57.5 Å². The molecule has 138 valence electrons. The molecule has 10 heteroatoms. The van der Waals surface area contributed by atoms with Gasteiger partial charge in [-0.25, -0.2) is 13.5 Å². The summed E-state index contributed by atoms with van der Waals surface area (Å²) in [4.78, 5) is 23.3. The Balaban J connectivity index is 1.60. The van der Waals surface area contributed by atoms with Crippen LogP contribution in [0.3, 0.4) is 0 Å². The minimum absolute atomic E-state index is 0.112. The fourth-order valence-corrected chi connectivity index (χ4v) is 4.32. The van der Waals surface area contributed by atoms with Crippen LogP contribution in [-0.2, 0) is 10.0 Å². The predicted molar refractivity (Wildman–Crippen MR) is 95.6 cm³/mol. The Morgan fingerprint density at radius 3 is 2.38 bits per heavy atom. The number of benzene rings is 1. The second-order valence-corrected chi connectivity index (χ2v) is 8.29. The monoisotopic (exact) mass is 396 g/mol. The number of nitrogens with zero attached hydrogens (tertiary/aromatic N) is 2. The maximum atomic E-state index is 12.6. The standard InChI is InChI=1S/C16H17ClN4O4S/c17-11-1-3-13(4-2-11)26(24,25)21-9-7-12(8-10-21)18-16(23)14-5-6-15(22)20-19-14/h1-6,12H,7-10H2,(H,18,23)(H,20,22). The number of hydrogen-bond acceptors (Lipinski definition) is 5. The first-order valence-electron chi connectivity index (χ1n) is 7.98. The molecule has 2 heterocycles. The third-order valence-corrected chi connectivity index (χ3v) is 6.32. The molecule has 0 bridgehead atoms. The van der Waals surface area contributed by atoms with E-state index in [1.54, 1.807) is 12.1 Å². The van der Waals surface area contributed by atoms with E-state index in [0.717, 1.165) is 0 Å². The van der Waals surface area contributed by atoms with Crippen LogP contribution in [0.2, 0.25) is 5.02 Å². The van der Waals surface area contributed by atoms with Gasteiger partial charge >= 0.3 is 0 Å². The van der Waals surface area contributed by atoms with Crippen molar-refractivity contribution in [1.29, 1.82) is 0 Å². The Kier molecular flexibility index (Phi) is 5.40. The molecule has 2 aromatic rings. The first-order chi connectivity index (χ1) is 12.4. The average Bonchev–Trinajstić information content (AvgIpc) is 2.63. The van der Waals surface area contributed by atoms with Gasteiger partial charge in [0.25, 0.3) is 11.5 Å². The van der Waals surface area contributed by atoms with Crippen molar-refractivity contribution >= 4 is 27.5 Å².